The summed E-state index contributed by atoms with van der Waals surface area (Å²) in [6.07, 6.45) is 6.11. The maximum Gasteiger partial charge on any atom is 0.159 e. The van der Waals surface area contributed by atoms with Gasteiger partial charge in [0.1, 0.15) is 5.60 Å². The lowest BCUT2D eigenvalue weighted by Gasteiger charge is -2.23. The van der Waals surface area contributed by atoms with E-state index in [4.69, 9.17) is 11.6 Å². The number of anilines is 2. The highest BCUT2D eigenvalue weighted by atomic mass is 35.5. The number of rotatable bonds is 4. The number of nitrogens with one attached hydrogen (secondary N) is 1. The average molecular weight is 432 g/mol. The molecule has 3 heterocycles. The van der Waals surface area contributed by atoms with Crippen LogP contribution in [-0.4, -0.2) is 26.6 Å². The molecule has 1 aliphatic rings. The number of nitrogens with zero attached hydrogens (tertiary/aromatic N) is 4. The van der Waals surface area contributed by atoms with Gasteiger partial charge in [-0.3, -0.25) is 15.4 Å². The van der Waals surface area contributed by atoms with Crippen LogP contribution in [0.25, 0.3) is 22.0 Å². The zero-order valence-corrected chi connectivity index (χ0v) is 18.1. The number of halogens is 1. The van der Waals surface area contributed by atoms with Crippen LogP contribution in [0.4, 0.5) is 11.4 Å². The first kappa shape index (κ1) is 19.7. The first-order valence-electron chi connectivity index (χ1n) is 10.2. The van der Waals surface area contributed by atoms with Gasteiger partial charge in [-0.25, -0.2) is 9.97 Å². The maximum atomic E-state index is 10.1. The summed E-state index contributed by atoms with van der Waals surface area (Å²) < 4.78 is 0. The smallest absolute Gasteiger partial charge is 0.159 e. The molecule has 0 fully saturated rings. The van der Waals surface area contributed by atoms with Gasteiger partial charge in [0.25, 0.3) is 0 Å². The summed E-state index contributed by atoms with van der Waals surface area (Å²) in [5.41, 5.74) is 8.37. The number of fused-ring (bicyclic) bond motifs is 2. The Kier molecular flexibility index (Phi) is 4.76. The summed E-state index contributed by atoms with van der Waals surface area (Å²) in [5, 5.41) is 13.7. The van der Waals surface area contributed by atoms with Crippen molar-refractivity contribution >= 4 is 33.9 Å². The van der Waals surface area contributed by atoms with Gasteiger partial charge in [-0.2, -0.15) is 0 Å². The van der Waals surface area contributed by atoms with Gasteiger partial charge in [0.2, 0.25) is 0 Å². The van der Waals surface area contributed by atoms with Crippen molar-refractivity contribution < 1.29 is 5.11 Å². The number of hydrogen-bond donors (Lipinski definition) is 2. The maximum absolute atomic E-state index is 10.1. The zero-order valence-electron chi connectivity index (χ0n) is 17.3. The Bertz CT molecular complexity index is 1270. The topological polar surface area (TPSA) is 74.2 Å². The third-order valence-corrected chi connectivity index (χ3v) is 5.77. The van der Waals surface area contributed by atoms with Crippen molar-refractivity contribution in [3.63, 3.8) is 0 Å². The molecule has 0 aliphatic carbocycles. The number of hydrazine groups is 1. The first-order chi connectivity index (χ1) is 14.9. The van der Waals surface area contributed by atoms with Gasteiger partial charge >= 0.3 is 0 Å². The highest BCUT2D eigenvalue weighted by molar-refractivity contribution is 6.34. The molecule has 0 radical (unpaired) electrons. The van der Waals surface area contributed by atoms with Gasteiger partial charge in [-0.05, 0) is 49.6 Å². The fourth-order valence-corrected chi connectivity index (χ4v) is 4.04. The summed E-state index contributed by atoms with van der Waals surface area (Å²) in [6.45, 7) is 4.20. The minimum atomic E-state index is -1.08. The molecule has 0 saturated heterocycles. The molecule has 0 bridgehead atoms. The molecule has 2 N–H and O–H groups in total. The van der Waals surface area contributed by atoms with Crippen LogP contribution in [0.1, 0.15) is 25.2 Å². The van der Waals surface area contributed by atoms with Crippen LogP contribution in [0.2, 0.25) is 5.02 Å². The molecule has 5 rings (SSSR count). The number of pyridine rings is 1. The molecular weight excluding hydrogens is 410 g/mol. The molecule has 0 atom stereocenters. The SMILES string of the molecule is CC(C)(O)c1ncc(-c2ccc3ncc(Cl)c(NN4CCc5ccccc54)c3c2)cn1. The molecule has 0 spiro atoms. The van der Waals surface area contributed by atoms with E-state index in [0.717, 1.165) is 46.4 Å². The zero-order chi connectivity index (χ0) is 21.6. The van der Waals surface area contributed by atoms with E-state index >= 15 is 0 Å². The second-order valence-electron chi connectivity index (χ2n) is 8.21. The largest absolute Gasteiger partial charge is 0.382 e. The van der Waals surface area contributed by atoms with Crippen LogP contribution in [-0.2, 0) is 12.0 Å². The summed E-state index contributed by atoms with van der Waals surface area (Å²) in [6, 6.07) is 14.4. The number of aliphatic hydroxyl groups is 1. The summed E-state index contributed by atoms with van der Waals surface area (Å²) >= 11 is 6.57. The lowest BCUT2D eigenvalue weighted by molar-refractivity contribution is 0.0687. The standard InChI is InChI=1S/C24H22ClN5O/c1-24(2,31)23-27-12-17(13-28-23)16-7-8-20-18(11-16)22(19(25)14-26-20)29-30-10-9-15-5-3-4-6-21(15)30/h3-8,11-14,31H,9-10H2,1-2H3,(H,26,29). The average Bonchev–Trinajstić information content (AvgIpc) is 3.18. The molecule has 7 heteroatoms. The quantitative estimate of drug-likeness (QED) is 0.475. The molecular formula is C24H22ClN5O. The van der Waals surface area contributed by atoms with Crippen molar-refractivity contribution in [1.29, 1.82) is 0 Å². The van der Waals surface area contributed by atoms with Gasteiger partial charge in [-0.15, -0.1) is 0 Å². The van der Waals surface area contributed by atoms with E-state index in [-0.39, 0.29) is 0 Å². The van der Waals surface area contributed by atoms with Crippen LogP contribution < -0.4 is 10.4 Å². The molecule has 1 aliphatic heterocycles. The van der Waals surface area contributed by atoms with E-state index in [9.17, 15) is 5.11 Å². The minimum Gasteiger partial charge on any atom is -0.382 e. The monoisotopic (exact) mass is 431 g/mol. The van der Waals surface area contributed by atoms with Crippen molar-refractivity contribution in [3.8, 4) is 11.1 Å². The number of aromatic nitrogens is 3. The van der Waals surface area contributed by atoms with Crippen molar-refractivity contribution in [2.45, 2.75) is 25.9 Å². The van der Waals surface area contributed by atoms with E-state index in [1.165, 1.54) is 5.56 Å². The third kappa shape index (κ3) is 3.69. The van der Waals surface area contributed by atoms with Crippen LogP contribution in [0.3, 0.4) is 0 Å². The molecule has 2 aromatic carbocycles. The van der Waals surface area contributed by atoms with Crippen molar-refractivity contribution in [2.24, 2.45) is 0 Å². The van der Waals surface area contributed by atoms with Crippen molar-refractivity contribution in [3.05, 3.63) is 77.5 Å². The van der Waals surface area contributed by atoms with Crippen molar-refractivity contribution in [2.75, 3.05) is 17.0 Å². The lowest BCUT2D eigenvalue weighted by Crippen LogP contribution is -2.27. The predicted molar refractivity (Wildman–Crippen MR) is 124 cm³/mol. The second kappa shape index (κ2) is 7.48. The second-order valence-corrected chi connectivity index (χ2v) is 8.62. The minimum absolute atomic E-state index is 0.386. The number of para-hydroxylation sites is 1. The Labute approximate surface area is 185 Å². The molecule has 0 unspecified atom stereocenters. The molecule has 6 nitrogen and oxygen atoms in total. The Balaban J connectivity index is 1.54. The summed E-state index contributed by atoms with van der Waals surface area (Å²) in [5.74, 6) is 0.386. The van der Waals surface area contributed by atoms with E-state index in [1.807, 2.05) is 24.3 Å². The van der Waals surface area contributed by atoms with Gasteiger partial charge in [0.05, 0.1) is 21.9 Å². The number of hydrogen-bond acceptors (Lipinski definition) is 6. The third-order valence-electron chi connectivity index (χ3n) is 5.49. The highest BCUT2D eigenvalue weighted by Crippen LogP contribution is 2.35. The van der Waals surface area contributed by atoms with Crippen LogP contribution in [0, 0.1) is 0 Å². The first-order valence-corrected chi connectivity index (χ1v) is 10.5. The van der Waals surface area contributed by atoms with E-state index in [2.05, 4.69) is 43.6 Å². The predicted octanol–water partition coefficient (Wildman–Crippen LogP) is 4.96. The van der Waals surface area contributed by atoms with Gasteiger partial charge in [0.15, 0.2) is 5.82 Å². The van der Waals surface area contributed by atoms with Crippen molar-refractivity contribution in [1.82, 2.24) is 15.0 Å². The Morgan fingerprint density at radius 3 is 2.55 bits per heavy atom. The van der Waals surface area contributed by atoms with Crippen LogP contribution >= 0.6 is 11.6 Å². The molecule has 0 saturated carbocycles. The van der Waals surface area contributed by atoms with Gasteiger partial charge < -0.3 is 5.11 Å². The Hall–Kier alpha value is -3.22. The normalized spacial score (nSPS) is 13.5. The summed E-state index contributed by atoms with van der Waals surface area (Å²) in [4.78, 5) is 13.1. The Morgan fingerprint density at radius 1 is 1.00 bits per heavy atom. The fraction of sp³-hybridized carbons (Fsp3) is 0.208. The van der Waals surface area contributed by atoms with E-state index in [0.29, 0.717) is 10.8 Å². The van der Waals surface area contributed by atoms with E-state index < -0.39 is 5.60 Å². The van der Waals surface area contributed by atoms with E-state index in [1.54, 1.807) is 32.4 Å². The molecule has 156 valence electrons. The summed E-state index contributed by atoms with van der Waals surface area (Å²) in [7, 11) is 0. The Morgan fingerprint density at radius 2 is 1.77 bits per heavy atom. The van der Waals surface area contributed by atoms with Gasteiger partial charge in [0, 0.05) is 36.1 Å². The van der Waals surface area contributed by atoms with Crippen LogP contribution in [0.15, 0.2) is 61.1 Å². The van der Waals surface area contributed by atoms with Gasteiger partial charge in [-0.1, -0.05) is 35.9 Å². The molecule has 0 amide bonds. The molecule has 4 aromatic rings. The van der Waals surface area contributed by atoms with Crippen LogP contribution in [0.5, 0.6) is 0 Å². The fourth-order valence-electron chi connectivity index (χ4n) is 3.84. The highest BCUT2D eigenvalue weighted by Gasteiger charge is 2.21. The lowest BCUT2D eigenvalue weighted by atomic mass is 10.0. The molecule has 31 heavy (non-hydrogen) atoms. The number of benzene rings is 2. The molecule has 2 aromatic heterocycles.